The maximum absolute atomic E-state index is 5.26. The molecule has 0 N–H and O–H groups in total. The molecule has 0 bridgehead atoms. The van der Waals surface area contributed by atoms with Gasteiger partial charge in [0.1, 0.15) is 0 Å². The first-order chi connectivity index (χ1) is 3.62. The Bertz CT molecular complexity index is 61.5. The fourth-order valence-corrected chi connectivity index (χ4v) is 1.72. The fraction of sp³-hybridized carbons (Fsp3) is 0.833. The van der Waals surface area contributed by atoms with Gasteiger partial charge in [-0.1, -0.05) is 13.3 Å². The Morgan fingerprint density at radius 1 is 1.50 bits per heavy atom. The molecule has 0 saturated carbocycles. The van der Waals surface area contributed by atoms with Gasteiger partial charge in [-0.15, -0.1) is 0 Å². The molecule has 0 aliphatic heterocycles. The van der Waals surface area contributed by atoms with E-state index in [1.807, 2.05) is 0 Å². The van der Waals surface area contributed by atoms with Crippen LogP contribution in [0.25, 0.3) is 0 Å². The molecule has 0 spiro atoms. The summed E-state index contributed by atoms with van der Waals surface area (Å²) in [4.78, 5) is 0. The van der Waals surface area contributed by atoms with Crippen molar-refractivity contribution in [3.8, 4) is 0 Å². The van der Waals surface area contributed by atoms with Gasteiger partial charge in [0.15, 0.2) is 8.32 Å². The third kappa shape index (κ3) is 3.21. The van der Waals surface area contributed by atoms with Crippen molar-refractivity contribution >= 4 is 8.32 Å². The number of rotatable bonds is 3. The van der Waals surface area contributed by atoms with Gasteiger partial charge >= 0.3 is 0 Å². The van der Waals surface area contributed by atoms with E-state index in [2.05, 4.69) is 26.1 Å². The summed E-state index contributed by atoms with van der Waals surface area (Å²) in [6, 6.07) is 2.28. The summed E-state index contributed by atoms with van der Waals surface area (Å²) in [5.74, 6) is 0. The van der Waals surface area contributed by atoms with E-state index < -0.39 is 8.32 Å². The molecule has 0 aromatic carbocycles. The van der Waals surface area contributed by atoms with Crippen molar-refractivity contribution in [1.82, 2.24) is 0 Å². The lowest BCUT2D eigenvalue weighted by Crippen LogP contribution is -2.29. The van der Waals surface area contributed by atoms with Crippen molar-refractivity contribution in [1.29, 1.82) is 0 Å². The normalized spacial score (nSPS) is 12.0. The summed E-state index contributed by atoms with van der Waals surface area (Å²) in [6.45, 7) is 6.53. The van der Waals surface area contributed by atoms with Gasteiger partial charge in [-0.3, -0.25) is 0 Å². The molecule has 0 aliphatic rings. The van der Waals surface area contributed by atoms with Crippen LogP contribution < -0.4 is 0 Å². The van der Waals surface area contributed by atoms with Crippen LogP contribution in [0.15, 0.2) is 0 Å². The van der Waals surface area contributed by atoms with E-state index in [4.69, 9.17) is 4.43 Å². The van der Waals surface area contributed by atoms with Crippen LogP contribution in [0.4, 0.5) is 0 Å². The highest BCUT2D eigenvalue weighted by Crippen LogP contribution is 2.07. The maximum atomic E-state index is 5.26. The minimum atomic E-state index is -1.30. The summed E-state index contributed by atoms with van der Waals surface area (Å²) in [7, 11) is 0.488. The molecule has 1 nitrogen and oxygen atoms in total. The number of hydrogen-bond acceptors (Lipinski definition) is 1. The third-order valence-corrected chi connectivity index (χ3v) is 3.67. The zero-order chi connectivity index (χ0) is 6.62. The molecule has 1 radical (unpaired) electrons. The van der Waals surface area contributed by atoms with Crippen molar-refractivity contribution in [2.45, 2.75) is 26.4 Å². The van der Waals surface area contributed by atoms with Gasteiger partial charge in [0.05, 0.1) is 0 Å². The molecule has 0 aliphatic carbocycles. The van der Waals surface area contributed by atoms with Crippen LogP contribution in [0.1, 0.15) is 13.3 Å². The largest absolute Gasteiger partial charge is 0.420 e. The van der Waals surface area contributed by atoms with Gasteiger partial charge in [-0.2, -0.15) is 0 Å². The average molecular weight is 131 g/mol. The standard InChI is InChI=1S/C6H15OSi/c1-5-6-8(3,4)7-2/h6H,5H2,1-4H3. The maximum Gasteiger partial charge on any atom is 0.189 e. The Balaban J connectivity index is 3.37. The highest BCUT2D eigenvalue weighted by atomic mass is 28.4. The zero-order valence-corrected chi connectivity index (χ0v) is 7.19. The van der Waals surface area contributed by atoms with Gasteiger partial charge in [0.25, 0.3) is 0 Å². The second kappa shape index (κ2) is 3.25. The van der Waals surface area contributed by atoms with E-state index in [1.54, 1.807) is 7.11 Å². The van der Waals surface area contributed by atoms with Crippen molar-refractivity contribution in [2.75, 3.05) is 7.11 Å². The lowest BCUT2D eigenvalue weighted by Gasteiger charge is -2.17. The minimum absolute atomic E-state index is 1.13. The Morgan fingerprint density at radius 2 is 2.00 bits per heavy atom. The average Bonchev–Trinajstić information content (AvgIpc) is 1.67. The van der Waals surface area contributed by atoms with Crippen LogP contribution in [0.5, 0.6) is 0 Å². The van der Waals surface area contributed by atoms with Crippen LogP contribution in [-0.4, -0.2) is 15.4 Å². The van der Waals surface area contributed by atoms with Crippen LogP contribution in [0.2, 0.25) is 13.1 Å². The summed E-state index contributed by atoms with van der Waals surface area (Å²) < 4.78 is 5.26. The molecular formula is C6H15OSi. The van der Waals surface area contributed by atoms with Crippen LogP contribution >= 0.6 is 0 Å². The highest BCUT2D eigenvalue weighted by molar-refractivity contribution is 6.74. The number of hydrogen-bond donors (Lipinski definition) is 0. The van der Waals surface area contributed by atoms with Gasteiger partial charge in [-0.05, 0) is 19.1 Å². The van der Waals surface area contributed by atoms with E-state index in [9.17, 15) is 0 Å². The second-order valence-electron chi connectivity index (χ2n) is 2.42. The predicted octanol–water partition coefficient (Wildman–Crippen LogP) is 1.99. The summed E-state index contributed by atoms with van der Waals surface area (Å²) >= 11 is 0. The lowest BCUT2D eigenvalue weighted by atomic mass is 10.6. The lowest BCUT2D eigenvalue weighted by molar-refractivity contribution is 0.410. The Hall–Kier alpha value is 0.177. The van der Waals surface area contributed by atoms with Crippen LogP contribution in [0.3, 0.4) is 0 Å². The Morgan fingerprint density at radius 3 is 2.12 bits per heavy atom. The Labute approximate surface area is 53.2 Å². The first kappa shape index (κ1) is 8.18. The van der Waals surface area contributed by atoms with E-state index in [-0.39, 0.29) is 0 Å². The topological polar surface area (TPSA) is 9.23 Å². The minimum Gasteiger partial charge on any atom is -0.420 e. The molecule has 0 aromatic rings. The molecule has 2 heteroatoms. The molecule has 0 rings (SSSR count). The third-order valence-electron chi connectivity index (χ3n) is 1.22. The van der Waals surface area contributed by atoms with Gasteiger partial charge in [0, 0.05) is 7.11 Å². The van der Waals surface area contributed by atoms with E-state index in [1.165, 1.54) is 0 Å². The molecule has 0 saturated heterocycles. The van der Waals surface area contributed by atoms with Crippen LogP contribution in [0, 0.1) is 6.04 Å². The van der Waals surface area contributed by atoms with Gasteiger partial charge in [0.2, 0.25) is 0 Å². The first-order valence-electron chi connectivity index (χ1n) is 3.02. The smallest absolute Gasteiger partial charge is 0.189 e. The van der Waals surface area contributed by atoms with Crippen LogP contribution in [-0.2, 0) is 4.43 Å². The molecule has 0 atom stereocenters. The van der Waals surface area contributed by atoms with Crippen molar-refractivity contribution < 1.29 is 4.43 Å². The van der Waals surface area contributed by atoms with E-state index in [0.29, 0.717) is 0 Å². The molecule has 49 valence electrons. The first-order valence-corrected chi connectivity index (χ1v) is 6.00. The molecule has 0 amide bonds. The van der Waals surface area contributed by atoms with Crippen molar-refractivity contribution in [2.24, 2.45) is 0 Å². The highest BCUT2D eigenvalue weighted by Gasteiger charge is 2.18. The van der Waals surface area contributed by atoms with Gasteiger partial charge < -0.3 is 4.43 Å². The molecular weight excluding hydrogens is 116 g/mol. The summed E-state index contributed by atoms with van der Waals surface area (Å²) in [6.07, 6.45) is 1.13. The monoisotopic (exact) mass is 131 g/mol. The fourth-order valence-electron chi connectivity index (χ4n) is 0.575. The molecule has 0 heterocycles. The van der Waals surface area contributed by atoms with E-state index in [0.717, 1.165) is 6.42 Å². The molecule has 0 aromatic heterocycles. The predicted molar refractivity (Wildman–Crippen MR) is 39.1 cm³/mol. The van der Waals surface area contributed by atoms with Crippen molar-refractivity contribution in [3.63, 3.8) is 0 Å². The molecule has 8 heavy (non-hydrogen) atoms. The quantitative estimate of drug-likeness (QED) is 0.532. The summed E-state index contributed by atoms with van der Waals surface area (Å²) in [5.41, 5.74) is 0. The van der Waals surface area contributed by atoms with E-state index >= 15 is 0 Å². The SMILES string of the molecule is CC[CH][Si](C)(C)OC. The second-order valence-corrected chi connectivity index (χ2v) is 6.44. The molecule has 0 fully saturated rings. The zero-order valence-electron chi connectivity index (χ0n) is 6.19. The summed E-state index contributed by atoms with van der Waals surface area (Å²) in [5, 5.41) is 0. The van der Waals surface area contributed by atoms with Crippen molar-refractivity contribution in [3.05, 3.63) is 6.04 Å². The van der Waals surface area contributed by atoms with Gasteiger partial charge in [-0.25, -0.2) is 0 Å². The molecule has 0 unspecified atom stereocenters. The Kier molecular flexibility index (Phi) is 3.32.